The Morgan fingerprint density at radius 3 is 1.95 bits per heavy atom. The highest BCUT2D eigenvalue weighted by Gasteiger charge is 2.38. The van der Waals surface area contributed by atoms with Crippen LogP contribution in [0.5, 0.6) is 0 Å². The van der Waals surface area contributed by atoms with Gasteiger partial charge in [-0.1, -0.05) is 36.7 Å². The van der Waals surface area contributed by atoms with Crippen LogP contribution in [0.2, 0.25) is 0 Å². The molecule has 0 spiro atoms. The van der Waals surface area contributed by atoms with Crippen molar-refractivity contribution in [1.29, 1.82) is 0 Å². The molecule has 20 heavy (non-hydrogen) atoms. The molecule has 0 aromatic heterocycles. The fourth-order valence-electron chi connectivity index (χ4n) is 2.93. The third-order valence-electron chi connectivity index (χ3n) is 4.39. The van der Waals surface area contributed by atoms with E-state index < -0.39 is 0 Å². The lowest BCUT2D eigenvalue weighted by Gasteiger charge is -2.43. The molecule has 0 atom stereocenters. The van der Waals surface area contributed by atoms with E-state index in [2.05, 4.69) is 57.5 Å². The van der Waals surface area contributed by atoms with Gasteiger partial charge in [-0.2, -0.15) is 0 Å². The first-order valence-electron chi connectivity index (χ1n) is 7.92. The van der Waals surface area contributed by atoms with Gasteiger partial charge in [0.2, 0.25) is 0 Å². The van der Waals surface area contributed by atoms with Gasteiger partial charge in [-0.15, -0.1) is 0 Å². The van der Waals surface area contributed by atoms with Gasteiger partial charge in [0, 0.05) is 5.33 Å². The van der Waals surface area contributed by atoms with Crippen molar-refractivity contribution in [2.75, 3.05) is 18.5 Å². The van der Waals surface area contributed by atoms with Crippen molar-refractivity contribution in [3.05, 3.63) is 0 Å². The lowest BCUT2D eigenvalue weighted by molar-refractivity contribution is -0.104. The molecular weight excluding hydrogens is 316 g/mol. The largest absolute Gasteiger partial charge is 0.373 e. The maximum absolute atomic E-state index is 6.20. The predicted octanol–water partition coefficient (Wildman–Crippen LogP) is 5.19. The fourth-order valence-corrected chi connectivity index (χ4v) is 3.66. The molecule has 0 aromatic carbocycles. The number of hydrogen-bond acceptors (Lipinski definition) is 2. The number of halogens is 1. The van der Waals surface area contributed by atoms with E-state index in [0.717, 1.165) is 24.1 Å². The fraction of sp³-hybridized carbons (Fsp3) is 1.00. The van der Waals surface area contributed by atoms with Crippen molar-refractivity contribution in [2.45, 2.75) is 78.4 Å². The molecule has 1 aliphatic carbocycles. The summed E-state index contributed by atoms with van der Waals surface area (Å²) in [6, 6.07) is 0. The van der Waals surface area contributed by atoms with Gasteiger partial charge in [0.05, 0.1) is 24.4 Å². The predicted molar refractivity (Wildman–Crippen MR) is 89.6 cm³/mol. The van der Waals surface area contributed by atoms with Crippen LogP contribution in [-0.4, -0.2) is 29.7 Å². The summed E-state index contributed by atoms with van der Waals surface area (Å²) in [4.78, 5) is 0. The minimum Gasteiger partial charge on any atom is -0.373 e. The molecule has 0 amide bonds. The summed E-state index contributed by atoms with van der Waals surface area (Å²) < 4.78 is 11.9. The molecule has 3 heteroatoms. The molecule has 0 unspecified atom stereocenters. The standard InChI is InChI=1S/C17H33BrO2/c1-15(2,3)14-7-9-17(13-18,10-8-14)20-12-11-19-16(4,5)6/h14H,7-13H2,1-6H3. The zero-order valence-electron chi connectivity index (χ0n) is 14.2. The van der Waals surface area contributed by atoms with Crippen LogP contribution in [0.15, 0.2) is 0 Å². The summed E-state index contributed by atoms with van der Waals surface area (Å²) >= 11 is 3.66. The van der Waals surface area contributed by atoms with E-state index in [4.69, 9.17) is 9.47 Å². The van der Waals surface area contributed by atoms with Gasteiger partial charge in [-0.25, -0.2) is 0 Å². The average molecular weight is 349 g/mol. The highest BCUT2D eigenvalue weighted by Crippen LogP contribution is 2.43. The van der Waals surface area contributed by atoms with Crippen LogP contribution in [0, 0.1) is 11.3 Å². The second-order valence-electron chi connectivity index (χ2n) is 8.27. The Kier molecular flexibility index (Phi) is 6.56. The van der Waals surface area contributed by atoms with Crippen molar-refractivity contribution >= 4 is 15.9 Å². The van der Waals surface area contributed by atoms with Crippen molar-refractivity contribution < 1.29 is 9.47 Å². The third-order valence-corrected chi connectivity index (χ3v) is 5.41. The Balaban J connectivity index is 2.39. The van der Waals surface area contributed by atoms with Crippen LogP contribution in [0.4, 0.5) is 0 Å². The number of rotatable bonds is 5. The van der Waals surface area contributed by atoms with Crippen LogP contribution in [0.25, 0.3) is 0 Å². The minimum absolute atomic E-state index is 0.0307. The zero-order valence-corrected chi connectivity index (χ0v) is 15.8. The molecule has 1 saturated carbocycles. The second kappa shape index (κ2) is 7.11. The van der Waals surface area contributed by atoms with E-state index in [1.54, 1.807) is 0 Å². The highest BCUT2D eigenvalue weighted by atomic mass is 79.9. The van der Waals surface area contributed by atoms with E-state index in [0.29, 0.717) is 18.6 Å². The third kappa shape index (κ3) is 6.03. The molecule has 1 rings (SSSR count). The topological polar surface area (TPSA) is 18.5 Å². The number of alkyl halides is 1. The lowest BCUT2D eigenvalue weighted by Crippen LogP contribution is -2.42. The minimum atomic E-state index is -0.0746. The van der Waals surface area contributed by atoms with Gasteiger partial charge in [0.15, 0.2) is 0 Å². The van der Waals surface area contributed by atoms with Crippen LogP contribution >= 0.6 is 15.9 Å². The summed E-state index contributed by atoms with van der Waals surface area (Å²) in [6.07, 6.45) is 4.87. The molecular formula is C17H33BrO2. The Labute approximate surface area is 134 Å². The summed E-state index contributed by atoms with van der Waals surface area (Å²) in [6.45, 7) is 14.7. The molecule has 120 valence electrons. The molecule has 2 nitrogen and oxygen atoms in total. The molecule has 0 heterocycles. The molecule has 0 radical (unpaired) electrons. The van der Waals surface area contributed by atoms with E-state index in [1.165, 1.54) is 12.8 Å². The normalized spacial score (nSPS) is 28.6. The van der Waals surface area contributed by atoms with Crippen LogP contribution in [-0.2, 0) is 9.47 Å². The zero-order chi connectivity index (χ0) is 15.4. The first-order chi connectivity index (χ1) is 9.08. The monoisotopic (exact) mass is 348 g/mol. The first-order valence-corrected chi connectivity index (χ1v) is 9.04. The molecule has 0 bridgehead atoms. The lowest BCUT2D eigenvalue weighted by atomic mass is 9.69. The number of ether oxygens (including phenoxy) is 2. The summed E-state index contributed by atoms with van der Waals surface area (Å²) in [7, 11) is 0. The highest BCUT2D eigenvalue weighted by molar-refractivity contribution is 9.09. The Morgan fingerprint density at radius 1 is 1.00 bits per heavy atom. The van der Waals surface area contributed by atoms with Gasteiger partial charge < -0.3 is 9.47 Å². The second-order valence-corrected chi connectivity index (χ2v) is 8.83. The maximum Gasteiger partial charge on any atom is 0.0780 e. The Bertz CT molecular complexity index is 280. The van der Waals surface area contributed by atoms with Gasteiger partial charge in [-0.05, 0) is 57.8 Å². The molecule has 0 aliphatic heterocycles. The molecule has 0 aromatic rings. The van der Waals surface area contributed by atoms with E-state index in [9.17, 15) is 0 Å². The van der Waals surface area contributed by atoms with Crippen molar-refractivity contribution in [3.8, 4) is 0 Å². The van der Waals surface area contributed by atoms with Gasteiger partial charge in [-0.3, -0.25) is 0 Å². The quantitative estimate of drug-likeness (QED) is 0.502. The Morgan fingerprint density at radius 2 is 1.55 bits per heavy atom. The van der Waals surface area contributed by atoms with Crippen molar-refractivity contribution in [2.24, 2.45) is 11.3 Å². The van der Waals surface area contributed by atoms with Crippen molar-refractivity contribution in [1.82, 2.24) is 0 Å². The van der Waals surface area contributed by atoms with Crippen molar-refractivity contribution in [3.63, 3.8) is 0 Å². The van der Waals surface area contributed by atoms with E-state index in [1.807, 2.05) is 0 Å². The summed E-state index contributed by atoms with van der Waals surface area (Å²) in [5.41, 5.74) is 0.381. The molecule has 0 N–H and O–H groups in total. The maximum atomic E-state index is 6.20. The van der Waals surface area contributed by atoms with Crippen LogP contribution in [0.3, 0.4) is 0 Å². The van der Waals surface area contributed by atoms with Gasteiger partial charge >= 0.3 is 0 Å². The Hall–Kier alpha value is 0.400. The average Bonchev–Trinajstić information content (AvgIpc) is 2.33. The van der Waals surface area contributed by atoms with E-state index in [-0.39, 0.29) is 11.2 Å². The number of hydrogen-bond donors (Lipinski definition) is 0. The van der Waals surface area contributed by atoms with Crippen LogP contribution < -0.4 is 0 Å². The molecule has 0 saturated heterocycles. The summed E-state index contributed by atoms with van der Waals surface area (Å²) in [5.74, 6) is 0.823. The SMILES string of the molecule is CC(C)(C)OCCOC1(CBr)CCC(C(C)(C)C)CC1. The molecule has 1 aliphatic rings. The first kappa shape index (κ1) is 18.4. The molecule has 1 fully saturated rings. The summed E-state index contributed by atoms with van der Waals surface area (Å²) in [5, 5.41) is 0.937. The van der Waals surface area contributed by atoms with Gasteiger partial charge in [0.1, 0.15) is 0 Å². The van der Waals surface area contributed by atoms with Gasteiger partial charge in [0.25, 0.3) is 0 Å². The van der Waals surface area contributed by atoms with E-state index >= 15 is 0 Å². The smallest absolute Gasteiger partial charge is 0.0780 e. The van der Waals surface area contributed by atoms with Crippen LogP contribution in [0.1, 0.15) is 67.2 Å².